The van der Waals surface area contributed by atoms with Crippen LogP contribution in [0.2, 0.25) is 0 Å². The predicted octanol–water partition coefficient (Wildman–Crippen LogP) is 2.43. The number of fused-ring (bicyclic) bond motifs is 5. The van der Waals surface area contributed by atoms with E-state index in [-0.39, 0.29) is 24.0 Å². The van der Waals surface area contributed by atoms with Crippen molar-refractivity contribution in [2.24, 2.45) is 5.92 Å². The van der Waals surface area contributed by atoms with E-state index in [1.165, 1.54) is 0 Å². The minimum atomic E-state index is -0.379. The number of aromatic nitrogens is 2. The van der Waals surface area contributed by atoms with Crippen LogP contribution >= 0.6 is 0 Å². The van der Waals surface area contributed by atoms with Crippen LogP contribution in [0.4, 0.5) is 5.82 Å². The second kappa shape index (κ2) is 8.28. The summed E-state index contributed by atoms with van der Waals surface area (Å²) in [6.45, 7) is 7.98. The maximum absolute atomic E-state index is 13.3. The smallest absolute Gasteiger partial charge is 0.244 e. The molecule has 1 amide bonds. The average molecular weight is 421 g/mol. The number of benzene rings is 1. The summed E-state index contributed by atoms with van der Waals surface area (Å²) in [6, 6.07) is 9.57. The van der Waals surface area contributed by atoms with Crippen molar-refractivity contribution >= 4 is 22.6 Å². The molecule has 2 bridgehead atoms. The number of nitrogens with one attached hydrogen (secondary N) is 2. The van der Waals surface area contributed by atoms with E-state index in [0.29, 0.717) is 6.54 Å². The largest absolute Gasteiger partial charge is 0.472 e. The zero-order valence-corrected chi connectivity index (χ0v) is 17.9. The van der Waals surface area contributed by atoms with Gasteiger partial charge in [-0.1, -0.05) is 26.0 Å². The number of anilines is 1. The molecule has 8 heteroatoms. The Labute approximate surface area is 181 Å². The SMILES string of the molecule is CC(C)[C@@H]1Nc2nc(nc3ccccc23)CN2CCN(Cc3ccoc3)CC2NC1=O. The normalized spacial score (nSPS) is 22.7. The highest BCUT2D eigenvalue weighted by molar-refractivity contribution is 5.92. The molecule has 0 saturated carbocycles. The molecule has 2 N–H and O–H groups in total. The molecule has 31 heavy (non-hydrogen) atoms. The third-order valence-corrected chi connectivity index (χ3v) is 6.11. The van der Waals surface area contributed by atoms with Crippen LogP contribution < -0.4 is 10.6 Å². The number of piperazine rings is 1. The van der Waals surface area contributed by atoms with E-state index in [1.807, 2.05) is 30.3 Å². The number of carbonyl (C=O) groups excluding carboxylic acids is 1. The van der Waals surface area contributed by atoms with Gasteiger partial charge in [-0.25, -0.2) is 9.97 Å². The first kappa shape index (κ1) is 20.0. The van der Waals surface area contributed by atoms with Crippen molar-refractivity contribution in [2.75, 3.05) is 25.0 Å². The Kier molecular flexibility index (Phi) is 5.33. The fraction of sp³-hybridized carbons (Fsp3) is 0.435. The van der Waals surface area contributed by atoms with Crippen LogP contribution in [0.3, 0.4) is 0 Å². The van der Waals surface area contributed by atoms with Crippen LogP contribution in [0.5, 0.6) is 0 Å². The Hall–Kier alpha value is -2.97. The van der Waals surface area contributed by atoms with Gasteiger partial charge in [0.15, 0.2) is 0 Å². The first-order valence-electron chi connectivity index (χ1n) is 10.9. The van der Waals surface area contributed by atoms with Crippen molar-refractivity contribution in [1.29, 1.82) is 0 Å². The molecule has 0 aliphatic carbocycles. The molecule has 8 nitrogen and oxygen atoms in total. The average Bonchev–Trinajstić information content (AvgIpc) is 3.26. The van der Waals surface area contributed by atoms with Gasteiger partial charge in [0.25, 0.3) is 0 Å². The van der Waals surface area contributed by atoms with E-state index < -0.39 is 0 Å². The van der Waals surface area contributed by atoms with Gasteiger partial charge in [-0.15, -0.1) is 0 Å². The third-order valence-electron chi connectivity index (χ3n) is 6.11. The first-order valence-corrected chi connectivity index (χ1v) is 10.9. The number of hydrogen-bond donors (Lipinski definition) is 2. The molecule has 2 aromatic heterocycles. The van der Waals surface area contributed by atoms with Gasteiger partial charge in [-0.05, 0) is 24.1 Å². The Morgan fingerprint density at radius 3 is 2.84 bits per heavy atom. The van der Waals surface area contributed by atoms with E-state index in [1.54, 1.807) is 12.5 Å². The van der Waals surface area contributed by atoms with Gasteiger partial charge < -0.3 is 15.1 Å². The Balaban J connectivity index is 1.48. The van der Waals surface area contributed by atoms with Crippen molar-refractivity contribution in [3.05, 3.63) is 54.2 Å². The van der Waals surface area contributed by atoms with Gasteiger partial charge in [-0.2, -0.15) is 0 Å². The number of furan rings is 1. The van der Waals surface area contributed by atoms with E-state index in [4.69, 9.17) is 14.4 Å². The first-order chi connectivity index (χ1) is 15.1. The fourth-order valence-electron chi connectivity index (χ4n) is 4.41. The molecule has 4 heterocycles. The number of para-hydroxylation sites is 1. The second-order valence-corrected chi connectivity index (χ2v) is 8.73. The van der Waals surface area contributed by atoms with E-state index in [0.717, 1.165) is 54.3 Å². The summed E-state index contributed by atoms with van der Waals surface area (Å²) < 4.78 is 5.22. The lowest BCUT2D eigenvalue weighted by molar-refractivity contribution is -0.125. The Bertz CT molecular complexity index is 1070. The highest BCUT2D eigenvalue weighted by Crippen LogP contribution is 2.25. The van der Waals surface area contributed by atoms with E-state index in [9.17, 15) is 4.79 Å². The molecule has 2 aliphatic rings. The summed E-state index contributed by atoms with van der Waals surface area (Å²) in [4.78, 5) is 27.6. The maximum atomic E-state index is 13.3. The van der Waals surface area contributed by atoms with E-state index in [2.05, 4.69) is 34.3 Å². The Morgan fingerprint density at radius 1 is 1.16 bits per heavy atom. The summed E-state index contributed by atoms with van der Waals surface area (Å²) in [7, 11) is 0. The lowest BCUT2D eigenvalue weighted by atomic mass is 10.0. The zero-order valence-electron chi connectivity index (χ0n) is 17.9. The highest BCUT2D eigenvalue weighted by Gasteiger charge is 2.33. The molecule has 0 radical (unpaired) electrons. The van der Waals surface area contributed by atoms with Gasteiger partial charge in [0, 0.05) is 37.1 Å². The minimum absolute atomic E-state index is 0.00121. The number of amides is 1. The predicted molar refractivity (Wildman–Crippen MR) is 118 cm³/mol. The molecular formula is C23H28N6O2. The molecule has 1 saturated heterocycles. The third kappa shape index (κ3) is 4.13. The highest BCUT2D eigenvalue weighted by atomic mass is 16.3. The van der Waals surface area contributed by atoms with Gasteiger partial charge in [0.2, 0.25) is 5.91 Å². The lowest BCUT2D eigenvalue weighted by Crippen LogP contribution is -2.62. The molecule has 1 fully saturated rings. The molecule has 2 aliphatic heterocycles. The summed E-state index contributed by atoms with van der Waals surface area (Å²) in [5, 5.41) is 7.65. The standard InChI is InChI=1S/C23H28N6O2/c1-15(2)21-23(30)26-20-13-28(11-16-7-10-31-14-16)8-9-29(20)12-19-24-18-6-4-3-5-17(18)22(25-19)27-21/h3-7,10,14-15,20-21H,8-9,11-13H2,1-2H3,(H,26,30)(H,24,25,27)/t20?,21-/m0/s1. The molecular weight excluding hydrogens is 392 g/mol. The summed E-state index contributed by atoms with van der Waals surface area (Å²) in [5.41, 5.74) is 2.04. The van der Waals surface area contributed by atoms with Crippen LogP contribution in [-0.4, -0.2) is 57.5 Å². The molecule has 0 spiro atoms. The van der Waals surface area contributed by atoms with Gasteiger partial charge in [0.05, 0.1) is 30.8 Å². The van der Waals surface area contributed by atoms with Crippen LogP contribution in [-0.2, 0) is 17.9 Å². The van der Waals surface area contributed by atoms with Crippen molar-refractivity contribution < 1.29 is 9.21 Å². The second-order valence-electron chi connectivity index (χ2n) is 8.73. The van der Waals surface area contributed by atoms with Gasteiger partial charge in [0.1, 0.15) is 17.7 Å². The van der Waals surface area contributed by atoms with Crippen LogP contribution in [0.1, 0.15) is 25.2 Å². The lowest BCUT2D eigenvalue weighted by Gasteiger charge is -2.42. The molecule has 2 atom stereocenters. The fourth-order valence-corrected chi connectivity index (χ4v) is 4.41. The number of carbonyl (C=O) groups is 1. The maximum Gasteiger partial charge on any atom is 0.244 e. The van der Waals surface area contributed by atoms with Crippen LogP contribution in [0.25, 0.3) is 10.9 Å². The Morgan fingerprint density at radius 2 is 2.03 bits per heavy atom. The monoisotopic (exact) mass is 420 g/mol. The molecule has 1 unspecified atom stereocenters. The minimum Gasteiger partial charge on any atom is -0.472 e. The van der Waals surface area contributed by atoms with Crippen LogP contribution in [0.15, 0.2) is 47.3 Å². The summed E-state index contributed by atoms with van der Waals surface area (Å²) in [6.07, 6.45) is 3.37. The topological polar surface area (TPSA) is 86.5 Å². The summed E-state index contributed by atoms with van der Waals surface area (Å²) in [5.74, 6) is 1.61. The zero-order chi connectivity index (χ0) is 21.4. The van der Waals surface area contributed by atoms with Crippen LogP contribution in [0, 0.1) is 5.92 Å². The van der Waals surface area contributed by atoms with Gasteiger partial charge >= 0.3 is 0 Å². The van der Waals surface area contributed by atoms with Crippen molar-refractivity contribution in [1.82, 2.24) is 25.1 Å². The van der Waals surface area contributed by atoms with Crippen molar-refractivity contribution in [3.63, 3.8) is 0 Å². The van der Waals surface area contributed by atoms with Gasteiger partial charge in [-0.3, -0.25) is 14.6 Å². The van der Waals surface area contributed by atoms with Crippen molar-refractivity contribution in [3.8, 4) is 0 Å². The number of nitrogens with zero attached hydrogens (tertiary/aromatic N) is 4. The number of rotatable bonds is 3. The van der Waals surface area contributed by atoms with Crippen molar-refractivity contribution in [2.45, 2.75) is 39.1 Å². The summed E-state index contributed by atoms with van der Waals surface area (Å²) >= 11 is 0. The molecule has 162 valence electrons. The molecule has 5 rings (SSSR count). The molecule has 3 aromatic rings. The number of hydrogen-bond acceptors (Lipinski definition) is 7. The quantitative estimate of drug-likeness (QED) is 0.673. The molecule has 1 aromatic carbocycles. The van der Waals surface area contributed by atoms with E-state index >= 15 is 0 Å².